The van der Waals surface area contributed by atoms with E-state index in [9.17, 15) is 0 Å². The van der Waals surface area contributed by atoms with E-state index in [1.165, 1.54) is 0 Å². The van der Waals surface area contributed by atoms with E-state index in [-0.39, 0.29) is 19.5 Å². The van der Waals surface area contributed by atoms with Gasteiger partial charge in [-0.3, -0.25) is 0 Å². The summed E-state index contributed by atoms with van der Waals surface area (Å²) in [5, 5.41) is 0. The standard InChI is InChI=1S/IO3.Zn/c2-1(3)4;/q-1;+2. The summed E-state index contributed by atoms with van der Waals surface area (Å²) in [4.78, 5) is 0. The Morgan fingerprint density at radius 2 is 1.00 bits per heavy atom. The molecule has 0 fully saturated rings. The van der Waals surface area contributed by atoms with Crippen molar-refractivity contribution in [2.24, 2.45) is 0 Å². The first kappa shape index (κ1) is 9.53. The van der Waals surface area contributed by atoms with Gasteiger partial charge in [-0.25, -0.2) is 0 Å². The summed E-state index contributed by atoms with van der Waals surface area (Å²) >= 11 is -4.01. The maximum Gasteiger partial charge on any atom is 2.00 e. The van der Waals surface area contributed by atoms with E-state index in [1.807, 2.05) is 0 Å². The summed E-state index contributed by atoms with van der Waals surface area (Å²) in [6.07, 6.45) is 0. The summed E-state index contributed by atoms with van der Waals surface area (Å²) in [6, 6.07) is 0. The van der Waals surface area contributed by atoms with E-state index in [0.717, 1.165) is 0 Å². The molecule has 0 rings (SSSR count). The fourth-order valence-corrected chi connectivity index (χ4v) is 0. The van der Waals surface area contributed by atoms with Gasteiger partial charge in [-0.05, 0) is 0 Å². The first-order chi connectivity index (χ1) is 1.73. The predicted molar refractivity (Wildman–Crippen MR) is 0 cm³/mol. The molecule has 5 heavy (non-hydrogen) atoms. The zero-order valence-corrected chi connectivity index (χ0v) is 7.43. The molecule has 26 valence electrons. The van der Waals surface area contributed by atoms with Crippen LogP contribution in [0.1, 0.15) is 0 Å². The van der Waals surface area contributed by atoms with Crippen molar-refractivity contribution in [3.05, 3.63) is 0 Å². The van der Waals surface area contributed by atoms with E-state index in [4.69, 9.17) is 10.3 Å². The Morgan fingerprint density at radius 3 is 1.00 bits per heavy atom. The van der Waals surface area contributed by atoms with E-state index in [1.54, 1.807) is 0 Å². The summed E-state index contributed by atoms with van der Waals surface area (Å²) < 4.78 is 25.7. The third-order valence-corrected chi connectivity index (χ3v) is 0. The molecule has 0 aromatic carbocycles. The third-order valence-electron chi connectivity index (χ3n) is 0. The zero-order valence-electron chi connectivity index (χ0n) is 2.31. The molecular weight excluding hydrogens is 240 g/mol. The van der Waals surface area contributed by atoms with Crippen molar-refractivity contribution in [3.8, 4) is 0 Å². The fraction of sp³-hybridized carbons (Fsp3) is 0. The second kappa shape index (κ2) is 5.23. The largest absolute Gasteiger partial charge is 2.00 e. The molecule has 0 saturated heterocycles. The van der Waals surface area contributed by atoms with Crippen molar-refractivity contribution < 1.29 is 50.9 Å². The van der Waals surface area contributed by atoms with Crippen LogP contribution in [0.25, 0.3) is 0 Å². The van der Waals surface area contributed by atoms with Crippen LogP contribution in [0.15, 0.2) is 0 Å². The Balaban J connectivity index is 0. The Morgan fingerprint density at radius 1 is 1.00 bits per heavy atom. The molecule has 0 aromatic rings. The topological polar surface area (TPSA) is 69.2 Å². The molecular formula is IO3Zn+. The van der Waals surface area contributed by atoms with Gasteiger partial charge in [0.25, 0.3) is 21.1 Å². The van der Waals surface area contributed by atoms with Crippen molar-refractivity contribution in [1.82, 2.24) is 0 Å². The number of hydrogen-bond acceptors (Lipinski definition) is 3. The molecule has 0 aliphatic carbocycles. The SMILES string of the molecule is [O-][I+2]([O-])[O-].[Zn+2]. The molecule has 0 bridgehead atoms. The van der Waals surface area contributed by atoms with Gasteiger partial charge < -0.3 is 10.3 Å². The van der Waals surface area contributed by atoms with Crippen LogP contribution in [-0.4, -0.2) is 0 Å². The minimum atomic E-state index is -4.01. The summed E-state index contributed by atoms with van der Waals surface area (Å²) in [5.74, 6) is 0. The number of rotatable bonds is 0. The van der Waals surface area contributed by atoms with Gasteiger partial charge >= 0.3 is 19.5 Å². The number of halogens is 1. The van der Waals surface area contributed by atoms with Gasteiger partial charge in [0.05, 0.1) is 0 Å². The summed E-state index contributed by atoms with van der Waals surface area (Å²) in [5.41, 5.74) is 0. The van der Waals surface area contributed by atoms with E-state index in [0.29, 0.717) is 0 Å². The first-order valence-corrected chi connectivity index (χ1v) is 3.11. The van der Waals surface area contributed by atoms with Crippen molar-refractivity contribution in [1.29, 1.82) is 0 Å². The second-order valence-electron chi connectivity index (χ2n) is 0.189. The molecule has 0 unspecified atom stereocenters. The van der Waals surface area contributed by atoms with Crippen LogP contribution in [0.4, 0.5) is 0 Å². The average Bonchev–Trinajstić information content (AvgIpc) is 0.811. The molecule has 0 N–H and O–H groups in total. The number of hydrogen-bond donors (Lipinski definition) is 0. The maximum absolute atomic E-state index is 8.57. The van der Waals surface area contributed by atoms with Crippen LogP contribution >= 0.6 is 0 Å². The van der Waals surface area contributed by atoms with E-state index in [2.05, 4.69) is 0 Å². The van der Waals surface area contributed by atoms with E-state index < -0.39 is 21.1 Å². The van der Waals surface area contributed by atoms with Gasteiger partial charge in [0.1, 0.15) is 0 Å². The molecule has 0 aromatic heterocycles. The molecule has 0 atom stereocenters. The maximum atomic E-state index is 8.57. The van der Waals surface area contributed by atoms with Crippen molar-refractivity contribution >= 4 is 0 Å². The van der Waals surface area contributed by atoms with Gasteiger partial charge in [-0.2, -0.15) is 0 Å². The van der Waals surface area contributed by atoms with Gasteiger partial charge in [0, 0.05) is 0 Å². The molecule has 0 radical (unpaired) electrons. The van der Waals surface area contributed by atoms with Gasteiger partial charge in [0.15, 0.2) is 0 Å². The third kappa shape index (κ3) is 36.0. The molecule has 3 nitrogen and oxygen atoms in total. The van der Waals surface area contributed by atoms with Crippen LogP contribution in [0.5, 0.6) is 0 Å². The molecule has 0 spiro atoms. The quantitative estimate of drug-likeness (QED) is 0.312. The zero-order chi connectivity index (χ0) is 3.58. The summed E-state index contributed by atoms with van der Waals surface area (Å²) in [7, 11) is 0. The molecule has 0 saturated carbocycles. The minimum Gasteiger partial charge on any atom is -0.427 e. The predicted octanol–water partition coefficient (Wildman–Crippen LogP) is -6.57. The van der Waals surface area contributed by atoms with Crippen LogP contribution in [-0.2, 0) is 19.5 Å². The molecule has 0 aliphatic rings. The Labute approximate surface area is 50.8 Å². The molecule has 0 heterocycles. The molecule has 0 aliphatic heterocycles. The monoisotopic (exact) mass is 239 g/mol. The fourth-order valence-electron chi connectivity index (χ4n) is 0. The van der Waals surface area contributed by atoms with E-state index >= 15 is 0 Å². The van der Waals surface area contributed by atoms with Crippen LogP contribution in [0.3, 0.4) is 0 Å². The van der Waals surface area contributed by atoms with Crippen molar-refractivity contribution in [3.63, 3.8) is 0 Å². The van der Waals surface area contributed by atoms with Crippen LogP contribution in [0.2, 0.25) is 0 Å². The average molecular weight is 240 g/mol. The Kier molecular flexibility index (Phi) is 9.97. The minimum absolute atomic E-state index is 0. The normalized spacial score (nSPS) is 7.20. The van der Waals surface area contributed by atoms with Gasteiger partial charge in [-0.15, -0.1) is 0 Å². The summed E-state index contributed by atoms with van der Waals surface area (Å²) in [6.45, 7) is 0. The van der Waals surface area contributed by atoms with Gasteiger partial charge in [-0.1, -0.05) is 0 Å². The Bertz CT molecular complexity index is 11.6. The van der Waals surface area contributed by atoms with Crippen LogP contribution < -0.4 is 31.4 Å². The van der Waals surface area contributed by atoms with Crippen molar-refractivity contribution in [2.75, 3.05) is 0 Å². The van der Waals surface area contributed by atoms with Crippen molar-refractivity contribution in [2.45, 2.75) is 0 Å². The molecule has 5 heteroatoms. The van der Waals surface area contributed by atoms with Gasteiger partial charge in [0.2, 0.25) is 0 Å². The molecule has 0 amide bonds. The Hall–Kier alpha value is 1.23. The smallest absolute Gasteiger partial charge is 0.427 e. The first-order valence-electron chi connectivity index (χ1n) is 0.463. The second-order valence-corrected chi connectivity index (χ2v) is 1.27. The van der Waals surface area contributed by atoms with Crippen LogP contribution in [0, 0.1) is 0 Å².